The van der Waals surface area contributed by atoms with E-state index >= 15 is 0 Å². The Morgan fingerprint density at radius 2 is 1.90 bits per heavy atom. The van der Waals surface area contributed by atoms with E-state index in [0.29, 0.717) is 6.42 Å². The molecule has 0 spiro atoms. The molecule has 0 bridgehead atoms. The molecule has 1 aromatic heterocycles. The minimum Gasteiger partial charge on any atom is -0.303 e. The summed E-state index contributed by atoms with van der Waals surface area (Å²) < 4.78 is 0. The average Bonchev–Trinajstić information content (AvgIpc) is 2.96. The van der Waals surface area contributed by atoms with Crippen molar-refractivity contribution in [1.82, 2.24) is 9.88 Å². The molecule has 0 aliphatic carbocycles. The van der Waals surface area contributed by atoms with Crippen LogP contribution in [0, 0.1) is 0 Å². The highest BCUT2D eigenvalue weighted by Gasteiger charge is 2.10. The molecule has 0 atom stereocenters. The average molecular weight is 302 g/mol. The van der Waals surface area contributed by atoms with Crippen LogP contribution in [0.15, 0.2) is 35.7 Å². The molecule has 0 radical (unpaired) electrons. The number of thiazole rings is 1. The fraction of sp³-hybridized carbons (Fsp3) is 0.412. The first-order chi connectivity index (χ1) is 10.2. The van der Waals surface area contributed by atoms with Gasteiger partial charge in [-0.1, -0.05) is 44.2 Å². The van der Waals surface area contributed by atoms with Crippen LogP contribution in [0.3, 0.4) is 0 Å². The lowest BCUT2D eigenvalue weighted by atomic mass is 10.1. The third-order valence-corrected chi connectivity index (χ3v) is 4.53. The van der Waals surface area contributed by atoms with Crippen molar-refractivity contribution >= 4 is 17.1 Å². The lowest BCUT2D eigenvalue weighted by molar-refractivity contribution is 0.0992. The number of rotatable bonds is 8. The predicted molar refractivity (Wildman–Crippen MR) is 88.1 cm³/mol. The van der Waals surface area contributed by atoms with E-state index in [0.717, 1.165) is 42.3 Å². The summed E-state index contributed by atoms with van der Waals surface area (Å²) in [4.78, 5) is 19.1. The van der Waals surface area contributed by atoms with Crippen molar-refractivity contribution in [1.29, 1.82) is 0 Å². The largest absolute Gasteiger partial charge is 0.303 e. The molecule has 0 fully saturated rings. The van der Waals surface area contributed by atoms with E-state index in [1.165, 1.54) is 0 Å². The molecular formula is C17H22N2OS. The SMILES string of the molecule is CCN(CC)CCc1nc(CC(=O)c2ccccc2)cs1. The van der Waals surface area contributed by atoms with Crippen LogP contribution in [0.4, 0.5) is 0 Å². The number of Topliss-reactive ketones (excluding diaryl/α,β-unsaturated/α-hetero) is 1. The van der Waals surface area contributed by atoms with Crippen molar-refractivity contribution in [3.8, 4) is 0 Å². The summed E-state index contributed by atoms with van der Waals surface area (Å²) in [6.07, 6.45) is 1.36. The molecule has 3 nitrogen and oxygen atoms in total. The summed E-state index contributed by atoms with van der Waals surface area (Å²) in [6, 6.07) is 9.42. The first-order valence-corrected chi connectivity index (χ1v) is 8.34. The molecule has 0 aliphatic heterocycles. The normalized spacial score (nSPS) is 11.0. The molecule has 0 saturated carbocycles. The number of benzene rings is 1. The molecule has 0 unspecified atom stereocenters. The zero-order chi connectivity index (χ0) is 15.1. The molecule has 2 aromatic rings. The summed E-state index contributed by atoms with van der Waals surface area (Å²) in [7, 11) is 0. The van der Waals surface area contributed by atoms with Crippen LogP contribution in [0.1, 0.15) is 34.9 Å². The van der Waals surface area contributed by atoms with E-state index in [9.17, 15) is 4.79 Å². The summed E-state index contributed by atoms with van der Waals surface area (Å²) in [6.45, 7) is 7.53. The monoisotopic (exact) mass is 302 g/mol. The van der Waals surface area contributed by atoms with E-state index in [1.807, 2.05) is 35.7 Å². The highest BCUT2D eigenvalue weighted by atomic mass is 32.1. The topological polar surface area (TPSA) is 33.2 Å². The number of ketones is 1. The molecule has 0 aliphatic rings. The Hall–Kier alpha value is -1.52. The third kappa shape index (κ3) is 4.76. The lowest BCUT2D eigenvalue weighted by Crippen LogP contribution is -2.25. The van der Waals surface area contributed by atoms with Crippen LogP contribution in [-0.4, -0.2) is 35.3 Å². The Bertz CT molecular complexity index is 561. The van der Waals surface area contributed by atoms with Gasteiger partial charge in [0.05, 0.1) is 17.1 Å². The number of nitrogens with zero attached hydrogens (tertiary/aromatic N) is 2. The maximum atomic E-state index is 12.1. The molecule has 1 heterocycles. The van der Waals surface area contributed by atoms with E-state index in [-0.39, 0.29) is 5.78 Å². The lowest BCUT2D eigenvalue weighted by Gasteiger charge is -2.16. The summed E-state index contributed by atoms with van der Waals surface area (Å²) in [5.74, 6) is 0.135. The van der Waals surface area contributed by atoms with Gasteiger partial charge in [0.25, 0.3) is 0 Å². The minimum atomic E-state index is 0.135. The highest BCUT2D eigenvalue weighted by Crippen LogP contribution is 2.13. The number of carbonyl (C=O) groups is 1. The third-order valence-electron chi connectivity index (χ3n) is 3.57. The Labute approximate surface area is 130 Å². The van der Waals surface area contributed by atoms with Crippen molar-refractivity contribution in [3.05, 3.63) is 52.0 Å². The van der Waals surface area contributed by atoms with E-state index < -0.39 is 0 Å². The van der Waals surface area contributed by atoms with Gasteiger partial charge in [-0.2, -0.15) is 0 Å². The Balaban J connectivity index is 1.90. The second-order valence-corrected chi connectivity index (χ2v) is 5.92. The van der Waals surface area contributed by atoms with E-state index in [1.54, 1.807) is 11.3 Å². The van der Waals surface area contributed by atoms with Gasteiger partial charge in [0.15, 0.2) is 5.78 Å². The fourth-order valence-electron chi connectivity index (χ4n) is 2.23. The second kappa shape index (κ2) is 8.05. The molecule has 4 heteroatoms. The zero-order valence-electron chi connectivity index (χ0n) is 12.7. The molecule has 2 rings (SSSR count). The number of hydrogen-bond acceptors (Lipinski definition) is 4. The maximum Gasteiger partial charge on any atom is 0.168 e. The number of likely N-dealkylation sites (N-methyl/N-ethyl adjacent to an activating group) is 1. The van der Waals surface area contributed by atoms with Gasteiger partial charge < -0.3 is 4.90 Å². The van der Waals surface area contributed by atoms with Gasteiger partial charge in [0.2, 0.25) is 0 Å². The molecule has 0 saturated heterocycles. The van der Waals surface area contributed by atoms with Crippen LogP contribution in [0.25, 0.3) is 0 Å². The first kappa shape index (κ1) is 15.9. The van der Waals surface area contributed by atoms with Gasteiger partial charge in [-0.25, -0.2) is 4.98 Å². The zero-order valence-corrected chi connectivity index (χ0v) is 13.5. The highest BCUT2D eigenvalue weighted by molar-refractivity contribution is 7.09. The summed E-state index contributed by atoms with van der Waals surface area (Å²) in [5, 5.41) is 3.14. The van der Waals surface area contributed by atoms with Gasteiger partial charge in [0, 0.05) is 23.9 Å². The van der Waals surface area contributed by atoms with Crippen molar-refractivity contribution in [2.75, 3.05) is 19.6 Å². The van der Waals surface area contributed by atoms with Crippen LogP contribution < -0.4 is 0 Å². The number of hydrogen-bond donors (Lipinski definition) is 0. The van der Waals surface area contributed by atoms with Crippen molar-refractivity contribution < 1.29 is 4.79 Å². The van der Waals surface area contributed by atoms with Crippen LogP contribution in [-0.2, 0) is 12.8 Å². The van der Waals surface area contributed by atoms with Gasteiger partial charge >= 0.3 is 0 Å². The van der Waals surface area contributed by atoms with Crippen molar-refractivity contribution in [2.45, 2.75) is 26.7 Å². The number of carbonyl (C=O) groups excluding carboxylic acids is 1. The molecule has 1 aromatic carbocycles. The fourth-order valence-corrected chi connectivity index (χ4v) is 3.02. The second-order valence-electron chi connectivity index (χ2n) is 4.98. The standard InChI is InChI=1S/C17H22N2OS/c1-3-19(4-2)11-10-17-18-15(13-21-17)12-16(20)14-8-6-5-7-9-14/h5-9,13H,3-4,10-12H2,1-2H3. The maximum absolute atomic E-state index is 12.1. The van der Waals surface area contributed by atoms with Gasteiger partial charge in [-0.05, 0) is 13.1 Å². The Morgan fingerprint density at radius 1 is 1.19 bits per heavy atom. The molecule has 0 N–H and O–H groups in total. The molecule has 112 valence electrons. The Kier molecular flexibility index (Phi) is 6.08. The first-order valence-electron chi connectivity index (χ1n) is 7.46. The van der Waals surface area contributed by atoms with Crippen LogP contribution in [0.2, 0.25) is 0 Å². The predicted octanol–water partition coefficient (Wildman–Crippen LogP) is 3.45. The van der Waals surface area contributed by atoms with Crippen molar-refractivity contribution in [3.63, 3.8) is 0 Å². The smallest absolute Gasteiger partial charge is 0.168 e. The summed E-state index contributed by atoms with van der Waals surface area (Å²) in [5.41, 5.74) is 1.65. The van der Waals surface area contributed by atoms with E-state index in [4.69, 9.17) is 0 Å². The molecular weight excluding hydrogens is 280 g/mol. The van der Waals surface area contributed by atoms with Crippen LogP contribution >= 0.6 is 11.3 Å². The van der Waals surface area contributed by atoms with E-state index in [2.05, 4.69) is 23.7 Å². The van der Waals surface area contributed by atoms with Crippen LogP contribution in [0.5, 0.6) is 0 Å². The summed E-state index contributed by atoms with van der Waals surface area (Å²) >= 11 is 1.66. The Morgan fingerprint density at radius 3 is 2.57 bits per heavy atom. The quantitative estimate of drug-likeness (QED) is 0.700. The van der Waals surface area contributed by atoms with Crippen molar-refractivity contribution in [2.24, 2.45) is 0 Å². The van der Waals surface area contributed by atoms with Gasteiger partial charge in [-0.15, -0.1) is 11.3 Å². The number of aromatic nitrogens is 1. The van der Waals surface area contributed by atoms with Gasteiger partial charge in [0.1, 0.15) is 0 Å². The minimum absolute atomic E-state index is 0.135. The van der Waals surface area contributed by atoms with Gasteiger partial charge in [-0.3, -0.25) is 4.79 Å². The molecule has 21 heavy (non-hydrogen) atoms. The molecule has 0 amide bonds.